The number of nitrogens with two attached hydrogens (primary N) is 1. The Balaban J connectivity index is 1.68. The van der Waals surface area contributed by atoms with Crippen LogP contribution in [0.3, 0.4) is 0 Å². The third-order valence-electron chi connectivity index (χ3n) is 4.63. The number of para-hydroxylation sites is 1. The Labute approximate surface area is 145 Å². The highest BCUT2D eigenvalue weighted by molar-refractivity contribution is 7.18. The summed E-state index contributed by atoms with van der Waals surface area (Å²) in [5, 5.41) is 4.05. The van der Waals surface area contributed by atoms with Gasteiger partial charge in [0.25, 0.3) is 0 Å². The van der Waals surface area contributed by atoms with Crippen molar-refractivity contribution in [2.45, 2.75) is 44.4 Å². The average Bonchev–Trinajstić information content (AvgIpc) is 3.02. The Morgan fingerprint density at radius 2 is 2.04 bits per heavy atom. The normalized spacial score (nSPS) is 20.8. The molecule has 2 aromatic rings. The summed E-state index contributed by atoms with van der Waals surface area (Å²) in [5.41, 5.74) is 6.15. The van der Waals surface area contributed by atoms with Crippen LogP contribution in [0.2, 0.25) is 0 Å². The number of hydrogen-bond acceptors (Lipinski definition) is 4. The molecule has 2 amide bonds. The number of thiazole rings is 1. The van der Waals surface area contributed by atoms with Gasteiger partial charge in [-0.3, -0.25) is 9.59 Å². The largest absolute Gasteiger partial charge is 0.370 e. The molecule has 0 aliphatic heterocycles. The number of aromatic nitrogens is 1. The fraction of sp³-hybridized carbons (Fsp3) is 0.500. The van der Waals surface area contributed by atoms with E-state index in [9.17, 15) is 9.59 Å². The van der Waals surface area contributed by atoms with E-state index in [2.05, 4.69) is 11.4 Å². The van der Waals surface area contributed by atoms with Crippen molar-refractivity contribution < 1.29 is 9.59 Å². The fourth-order valence-electron chi connectivity index (χ4n) is 3.39. The van der Waals surface area contributed by atoms with Crippen LogP contribution in [-0.4, -0.2) is 23.3 Å². The summed E-state index contributed by atoms with van der Waals surface area (Å²) in [4.78, 5) is 28.1. The van der Waals surface area contributed by atoms with Gasteiger partial charge in [-0.2, -0.15) is 0 Å². The lowest BCUT2D eigenvalue weighted by atomic mass is 9.79. The summed E-state index contributed by atoms with van der Waals surface area (Å²) in [6, 6.07) is 8.12. The molecular formula is C18H23N3O2S. The van der Waals surface area contributed by atoms with Crippen LogP contribution in [0.15, 0.2) is 24.3 Å². The molecule has 1 aliphatic rings. The fourth-order valence-corrected chi connectivity index (χ4v) is 4.56. The Hall–Kier alpha value is -1.95. The van der Waals surface area contributed by atoms with Gasteiger partial charge in [-0.25, -0.2) is 4.98 Å². The smallest absolute Gasteiger partial charge is 0.223 e. The molecule has 128 valence electrons. The van der Waals surface area contributed by atoms with Gasteiger partial charge in [0, 0.05) is 24.8 Å². The van der Waals surface area contributed by atoms with Crippen molar-refractivity contribution in [1.82, 2.24) is 10.3 Å². The quantitative estimate of drug-likeness (QED) is 0.789. The molecule has 0 saturated heterocycles. The number of nitrogens with one attached hydrogen (secondary N) is 1. The van der Waals surface area contributed by atoms with Crippen molar-refractivity contribution in [3.8, 4) is 0 Å². The van der Waals surface area contributed by atoms with Gasteiger partial charge in [0.15, 0.2) is 0 Å². The third kappa shape index (κ3) is 3.93. The summed E-state index contributed by atoms with van der Waals surface area (Å²) in [7, 11) is 0. The van der Waals surface area contributed by atoms with E-state index in [-0.39, 0.29) is 23.7 Å². The number of carbonyl (C=O) groups is 2. The first-order valence-corrected chi connectivity index (χ1v) is 9.38. The van der Waals surface area contributed by atoms with Crippen LogP contribution in [-0.2, 0) is 9.59 Å². The molecule has 1 fully saturated rings. The van der Waals surface area contributed by atoms with E-state index in [1.54, 1.807) is 11.3 Å². The van der Waals surface area contributed by atoms with E-state index in [1.807, 2.05) is 18.2 Å². The lowest BCUT2D eigenvalue weighted by Crippen LogP contribution is -2.36. The Morgan fingerprint density at radius 3 is 2.83 bits per heavy atom. The maximum absolute atomic E-state index is 12.6. The molecule has 0 unspecified atom stereocenters. The molecule has 24 heavy (non-hydrogen) atoms. The summed E-state index contributed by atoms with van der Waals surface area (Å²) >= 11 is 1.70. The van der Waals surface area contributed by atoms with Crippen LogP contribution in [0.5, 0.6) is 0 Å². The zero-order valence-corrected chi connectivity index (χ0v) is 14.5. The average molecular weight is 345 g/mol. The Bertz CT molecular complexity index is 695. The number of hydrogen-bond donors (Lipinski definition) is 2. The molecular weight excluding hydrogens is 322 g/mol. The number of benzene rings is 1. The molecule has 1 saturated carbocycles. The van der Waals surface area contributed by atoms with Crippen LogP contribution < -0.4 is 11.1 Å². The van der Waals surface area contributed by atoms with E-state index in [1.165, 1.54) is 4.70 Å². The predicted octanol–water partition coefficient (Wildman–Crippen LogP) is 2.95. The molecule has 3 rings (SSSR count). The number of fused-ring (bicyclic) bond motifs is 1. The lowest BCUT2D eigenvalue weighted by molar-refractivity contribution is -0.126. The standard InChI is InChI=1S/C18H23N3O2S/c19-16(22)10-5-11-20-17(23)12-6-1-2-7-13(12)18-21-14-8-3-4-9-15(14)24-18/h3-4,8-9,12-13H,1-2,5-7,10-11H2,(H2,19,22)(H,20,23)/t12-,13+/m1/s1. The second kappa shape index (κ2) is 7.75. The van der Waals surface area contributed by atoms with Crippen molar-refractivity contribution in [2.75, 3.05) is 6.54 Å². The minimum atomic E-state index is -0.325. The molecule has 0 radical (unpaired) electrons. The van der Waals surface area contributed by atoms with Gasteiger partial charge < -0.3 is 11.1 Å². The highest BCUT2D eigenvalue weighted by atomic mass is 32.1. The molecule has 2 atom stereocenters. The van der Waals surface area contributed by atoms with Gasteiger partial charge in [-0.15, -0.1) is 11.3 Å². The number of amides is 2. The van der Waals surface area contributed by atoms with Crippen LogP contribution in [0.4, 0.5) is 0 Å². The number of nitrogens with zero attached hydrogens (tertiary/aromatic N) is 1. The lowest BCUT2D eigenvalue weighted by Gasteiger charge is -2.29. The highest BCUT2D eigenvalue weighted by Crippen LogP contribution is 2.40. The third-order valence-corrected chi connectivity index (χ3v) is 5.80. The molecule has 1 heterocycles. The molecule has 1 aromatic heterocycles. The van der Waals surface area contributed by atoms with Crippen LogP contribution in [0.1, 0.15) is 49.5 Å². The van der Waals surface area contributed by atoms with E-state index < -0.39 is 0 Å². The second-order valence-electron chi connectivity index (χ2n) is 6.38. The summed E-state index contributed by atoms with van der Waals surface area (Å²) in [5.74, 6) is -0.0575. The van der Waals surface area contributed by atoms with Crippen LogP contribution in [0, 0.1) is 5.92 Å². The van der Waals surface area contributed by atoms with Gasteiger partial charge in [0.2, 0.25) is 11.8 Å². The summed E-state index contributed by atoms with van der Waals surface area (Å²) < 4.78 is 1.18. The van der Waals surface area contributed by atoms with E-state index in [0.717, 1.165) is 36.2 Å². The van der Waals surface area contributed by atoms with Crippen molar-refractivity contribution in [3.05, 3.63) is 29.3 Å². The molecule has 1 aromatic carbocycles. The second-order valence-corrected chi connectivity index (χ2v) is 7.44. The maximum atomic E-state index is 12.6. The SMILES string of the molecule is NC(=O)CCCNC(=O)[C@@H]1CCCC[C@@H]1c1nc2ccccc2s1. The summed E-state index contributed by atoms with van der Waals surface area (Å²) in [6.07, 6.45) is 5.06. The van der Waals surface area contributed by atoms with Gasteiger partial charge in [0.1, 0.15) is 0 Å². The first-order valence-electron chi connectivity index (χ1n) is 8.56. The molecule has 0 bridgehead atoms. The highest BCUT2D eigenvalue weighted by Gasteiger charge is 2.33. The first kappa shape index (κ1) is 16.9. The zero-order chi connectivity index (χ0) is 16.9. The number of carbonyl (C=O) groups excluding carboxylic acids is 2. The maximum Gasteiger partial charge on any atom is 0.223 e. The van der Waals surface area contributed by atoms with Gasteiger partial charge in [0.05, 0.1) is 15.2 Å². The van der Waals surface area contributed by atoms with E-state index in [4.69, 9.17) is 10.7 Å². The topological polar surface area (TPSA) is 85.1 Å². The summed E-state index contributed by atoms with van der Waals surface area (Å²) in [6.45, 7) is 0.505. The van der Waals surface area contributed by atoms with Crippen molar-refractivity contribution in [1.29, 1.82) is 0 Å². The van der Waals surface area contributed by atoms with Crippen molar-refractivity contribution in [2.24, 2.45) is 11.7 Å². The molecule has 3 N–H and O–H groups in total. The number of rotatable bonds is 6. The zero-order valence-electron chi connectivity index (χ0n) is 13.7. The molecule has 6 heteroatoms. The minimum absolute atomic E-state index is 0.0205. The van der Waals surface area contributed by atoms with Gasteiger partial charge in [-0.1, -0.05) is 25.0 Å². The van der Waals surface area contributed by atoms with Crippen molar-refractivity contribution >= 4 is 33.4 Å². The van der Waals surface area contributed by atoms with Crippen LogP contribution >= 0.6 is 11.3 Å². The Kier molecular flexibility index (Phi) is 5.45. The van der Waals surface area contributed by atoms with Crippen molar-refractivity contribution in [3.63, 3.8) is 0 Å². The first-order chi connectivity index (χ1) is 11.6. The number of primary amides is 1. The van der Waals surface area contributed by atoms with Gasteiger partial charge >= 0.3 is 0 Å². The van der Waals surface area contributed by atoms with Crippen LogP contribution in [0.25, 0.3) is 10.2 Å². The van der Waals surface area contributed by atoms with E-state index >= 15 is 0 Å². The predicted molar refractivity (Wildman–Crippen MR) is 95.8 cm³/mol. The molecule has 5 nitrogen and oxygen atoms in total. The van der Waals surface area contributed by atoms with E-state index in [0.29, 0.717) is 19.4 Å². The van der Waals surface area contributed by atoms with Gasteiger partial charge in [-0.05, 0) is 31.4 Å². The molecule has 1 aliphatic carbocycles. The monoisotopic (exact) mass is 345 g/mol. The minimum Gasteiger partial charge on any atom is -0.370 e. The molecule has 0 spiro atoms. The Morgan fingerprint density at radius 1 is 1.25 bits per heavy atom.